The summed E-state index contributed by atoms with van der Waals surface area (Å²) >= 11 is 5.87. The second-order valence-corrected chi connectivity index (χ2v) is 8.28. The summed E-state index contributed by atoms with van der Waals surface area (Å²) in [7, 11) is 0. The van der Waals surface area contributed by atoms with E-state index in [0.29, 0.717) is 22.3 Å². The van der Waals surface area contributed by atoms with E-state index in [1.807, 2.05) is 12.1 Å². The van der Waals surface area contributed by atoms with Crippen molar-refractivity contribution in [2.45, 2.75) is 39.0 Å². The standard InChI is InChI=1S/C22H23ClN4O3/c1-22(2,3)16-8-4-15(5-9-16)21(29)26-25-18(28)12-13-19-24-20(27-30-19)14-6-10-17(23)11-7-14/h4-11H,12-13H2,1-3H3,(H,25,28)(H,26,29). The van der Waals surface area contributed by atoms with Crippen molar-refractivity contribution in [3.63, 3.8) is 0 Å². The van der Waals surface area contributed by atoms with Crippen molar-refractivity contribution in [2.75, 3.05) is 0 Å². The second kappa shape index (κ2) is 9.09. The molecule has 0 unspecified atom stereocenters. The first-order valence-electron chi connectivity index (χ1n) is 9.50. The van der Waals surface area contributed by atoms with Gasteiger partial charge in [0.15, 0.2) is 0 Å². The molecule has 0 fully saturated rings. The van der Waals surface area contributed by atoms with E-state index in [-0.39, 0.29) is 30.1 Å². The van der Waals surface area contributed by atoms with Gasteiger partial charge >= 0.3 is 0 Å². The molecule has 0 spiro atoms. The second-order valence-electron chi connectivity index (χ2n) is 7.85. The molecule has 0 aliphatic rings. The predicted molar refractivity (Wildman–Crippen MR) is 114 cm³/mol. The summed E-state index contributed by atoms with van der Waals surface area (Å²) in [6.45, 7) is 6.30. The van der Waals surface area contributed by atoms with E-state index in [1.54, 1.807) is 36.4 Å². The molecular weight excluding hydrogens is 404 g/mol. The maximum atomic E-state index is 12.2. The van der Waals surface area contributed by atoms with Crippen LogP contribution in [0.25, 0.3) is 11.4 Å². The Morgan fingerprint density at radius 1 is 1.00 bits per heavy atom. The quantitative estimate of drug-likeness (QED) is 0.599. The number of carbonyl (C=O) groups excluding carboxylic acids is 2. The van der Waals surface area contributed by atoms with Gasteiger partial charge in [0.2, 0.25) is 17.6 Å². The molecule has 2 aromatic carbocycles. The number of halogens is 1. The minimum absolute atomic E-state index is 0.00535. The van der Waals surface area contributed by atoms with Gasteiger partial charge in [-0.3, -0.25) is 20.4 Å². The van der Waals surface area contributed by atoms with E-state index in [2.05, 4.69) is 41.8 Å². The average Bonchev–Trinajstić information content (AvgIpc) is 3.19. The Labute approximate surface area is 179 Å². The maximum absolute atomic E-state index is 12.2. The number of aromatic nitrogens is 2. The summed E-state index contributed by atoms with van der Waals surface area (Å²) in [6, 6.07) is 14.3. The summed E-state index contributed by atoms with van der Waals surface area (Å²) in [5.74, 6) is 0.0146. The van der Waals surface area contributed by atoms with Gasteiger partial charge in [-0.1, -0.05) is 49.7 Å². The van der Waals surface area contributed by atoms with Crippen LogP contribution in [0, 0.1) is 0 Å². The number of nitrogens with zero attached hydrogens (tertiary/aromatic N) is 2. The van der Waals surface area contributed by atoms with Crippen LogP contribution in [0.15, 0.2) is 53.1 Å². The minimum atomic E-state index is -0.383. The highest BCUT2D eigenvalue weighted by molar-refractivity contribution is 6.30. The van der Waals surface area contributed by atoms with Crippen LogP contribution in [-0.2, 0) is 16.6 Å². The van der Waals surface area contributed by atoms with Gasteiger partial charge in [0.05, 0.1) is 0 Å². The van der Waals surface area contributed by atoms with Crippen LogP contribution in [0.5, 0.6) is 0 Å². The van der Waals surface area contributed by atoms with Crippen LogP contribution in [-0.4, -0.2) is 22.0 Å². The Kier molecular flexibility index (Phi) is 6.52. The molecule has 2 amide bonds. The number of rotatable bonds is 5. The molecule has 2 N–H and O–H groups in total. The first-order chi connectivity index (χ1) is 14.2. The normalized spacial score (nSPS) is 11.2. The predicted octanol–water partition coefficient (Wildman–Crippen LogP) is 4.08. The Morgan fingerprint density at radius 3 is 2.30 bits per heavy atom. The number of aryl methyl sites for hydroxylation is 1. The third-order valence-corrected chi connectivity index (χ3v) is 4.72. The van der Waals surface area contributed by atoms with Crippen molar-refractivity contribution in [1.82, 2.24) is 21.0 Å². The summed E-state index contributed by atoms with van der Waals surface area (Å²) in [4.78, 5) is 28.5. The molecule has 0 saturated carbocycles. The van der Waals surface area contributed by atoms with E-state index >= 15 is 0 Å². The number of amides is 2. The number of hydrogen-bond acceptors (Lipinski definition) is 5. The summed E-state index contributed by atoms with van der Waals surface area (Å²) < 4.78 is 5.17. The molecular formula is C22H23ClN4O3. The highest BCUT2D eigenvalue weighted by Gasteiger charge is 2.15. The molecule has 7 nitrogen and oxygen atoms in total. The number of nitrogens with one attached hydrogen (secondary N) is 2. The van der Waals surface area contributed by atoms with Crippen LogP contribution >= 0.6 is 11.6 Å². The fourth-order valence-corrected chi connectivity index (χ4v) is 2.80. The molecule has 3 aromatic rings. The molecule has 3 rings (SSSR count). The van der Waals surface area contributed by atoms with E-state index in [4.69, 9.17) is 16.1 Å². The van der Waals surface area contributed by atoms with Crippen LogP contribution in [0.1, 0.15) is 49.0 Å². The Bertz CT molecular complexity index is 1020. The Balaban J connectivity index is 1.47. The van der Waals surface area contributed by atoms with Gasteiger partial charge in [0, 0.05) is 29.0 Å². The number of hydrazine groups is 1. The van der Waals surface area contributed by atoms with Gasteiger partial charge in [0.25, 0.3) is 5.91 Å². The van der Waals surface area contributed by atoms with Crippen LogP contribution in [0.2, 0.25) is 5.02 Å². The molecule has 0 bridgehead atoms. The number of benzene rings is 2. The van der Waals surface area contributed by atoms with Crippen molar-refractivity contribution in [3.05, 3.63) is 70.6 Å². The van der Waals surface area contributed by atoms with E-state index in [0.717, 1.165) is 11.1 Å². The maximum Gasteiger partial charge on any atom is 0.269 e. The molecule has 8 heteroatoms. The van der Waals surface area contributed by atoms with Crippen molar-refractivity contribution in [2.24, 2.45) is 0 Å². The molecule has 0 aliphatic heterocycles. The van der Waals surface area contributed by atoms with Gasteiger partial charge in [-0.05, 0) is 47.4 Å². The fraction of sp³-hybridized carbons (Fsp3) is 0.273. The number of hydrogen-bond donors (Lipinski definition) is 2. The third-order valence-electron chi connectivity index (χ3n) is 4.47. The lowest BCUT2D eigenvalue weighted by atomic mass is 9.87. The molecule has 30 heavy (non-hydrogen) atoms. The topological polar surface area (TPSA) is 97.1 Å². The molecule has 0 aliphatic carbocycles. The van der Waals surface area contributed by atoms with Crippen molar-refractivity contribution >= 4 is 23.4 Å². The highest BCUT2D eigenvalue weighted by Crippen LogP contribution is 2.22. The SMILES string of the molecule is CC(C)(C)c1ccc(C(=O)NNC(=O)CCc2nc(-c3ccc(Cl)cc3)no2)cc1. The molecule has 156 valence electrons. The monoisotopic (exact) mass is 426 g/mol. The van der Waals surface area contributed by atoms with Gasteiger partial charge < -0.3 is 4.52 Å². The average molecular weight is 427 g/mol. The van der Waals surface area contributed by atoms with Gasteiger partial charge in [0.1, 0.15) is 0 Å². The smallest absolute Gasteiger partial charge is 0.269 e. The first-order valence-corrected chi connectivity index (χ1v) is 9.88. The molecule has 1 heterocycles. The van der Waals surface area contributed by atoms with Gasteiger partial charge in [-0.15, -0.1) is 0 Å². The van der Waals surface area contributed by atoms with Crippen molar-refractivity contribution < 1.29 is 14.1 Å². The van der Waals surface area contributed by atoms with E-state index in [9.17, 15) is 9.59 Å². The lowest BCUT2D eigenvalue weighted by molar-refractivity contribution is -0.121. The van der Waals surface area contributed by atoms with Crippen LogP contribution in [0.3, 0.4) is 0 Å². The zero-order chi connectivity index (χ0) is 21.7. The summed E-state index contributed by atoms with van der Waals surface area (Å²) in [5, 5.41) is 4.52. The summed E-state index contributed by atoms with van der Waals surface area (Å²) in [5.41, 5.74) is 7.17. The fourth-order valence-electron chi connectivity index (χ4n) is 2.68. The Hall–Kier alpha value is -3.19. The molecule has 0 atom stereocenters. The third kappa shape index (κ3) is 5.67. The zero-order valence-corrected chi connectivity index (χ0v) is 17.8. The largest absolute Gasteiger partial charge is 0.339 e. The van der Waals surface area contributed by atoms with Gasteiger partial charge in [-0.25, -0.2) is 0 Å². The number of carbonyl (C=O) groups is 2. The van der Waals surface area contributed by atoms with Gasteiger partial charge in [-0.2, -0.15) is 4.98 Å². The lowest BCUT2D eigenvalue weighted by Crippen LogP contribution is -2.41. The highest BCUT2D eigenvalue weighted by atomic mass is 35.5. The molecule has 0 saturated heterocycles. The van der Waals surface area contributed by atoms with Crippen molar-refractivity contribution in [3.8, 4) is 11.4 Å². The zero-order valence-electron chi connectivity index (χ0n) is 17.0. The van der Waals surface area contributed by atoms with E-state index in [1.165, 1.54) is 0 Å². The van der Waals surface area contributed by atoms with E-state index < -0.39 is 0 Å². The molecule has 0 radical (unpaired) electrons. The van der Waals surface area contributed by atoms with Crippen LogP contribution in [0.4, 0.5) is 0 Å². The first kappa shape index (κ1) is 21.5. The lowest BCUT2D eigenvalue weighted by Gasteiger charge is -2.19. The van der Waals surface area contributed by atoms with Crippen LogP contribution < -0.4 is 10.9 Å². The summed E-state index contributed by atoms with van der Waals surface area (Å²) in [6.07, 6.45) is 0.341. The Morgan fingerprint density at radius 2 is 1.67 bits per heavy atom. The molecule has 1 aromatic heterocycles. The minimum Gasteiger partial charge on any atom is -0.339 e. The van der Waals surface area contributed by atoms with Crippen molar-refractivity contribution in [1.29, 1.82) is 0 Å².